The number of nitrogens with one attached hydrogen (secondary N) is 2. The first-order valence-corrected chi connectivity index (χ1v) is 6.07. The Morgan fingerprint density at radius 3 is 2.84 bits per heavy atom. The number of carbonyl (C=O) groups excluding carboxylic acids is 1. The number of benzene rings is 1. The molecule has 1 aromatic carbocycles. The zero-order valence-electron chi connectivity index (χ0n) is 11.3. The lowest BCUT2D eigenvalue weighted by Gasteiger charge is -2.10. The minimum absolute atomic E-state index is 0.0315. The van der Waals surface area contributed by atoms with Gasteiger partial charge in [-0.2, -0.15) is 5.10 Å². The van der Waals surface area contributed by atoms with E-state index in [1.165, 1.54) is 0 Å². The highest BCUT2D eigenvalue weighted by Gasteiger charge is 2.07. The Hall–Kier alpha value is -2.30. The molecule has 0 aliphatic carbocycles. The van der Waals surface area contributed by atoms with E-state index in [1.807, 2.05) is 39.0 Å². The molecule has 0 bridgehead atoms. The van der Waals surface area contributed by atoms with Crippen molar-refractivity contribution in [2.24, 2.45) is 0 Å². The summed E-state index contributed by atoms with van der Waals surface area (Å²) < 4.78 is 5.51. The van der Waals surface area contributed by atoms with Gasteiger partial charge in [0.25, 0.3) is 5.91 Å². The van der Waals surface area contributed by atoms with Gasteiger partial charge in [0.05, 0.1) is 0 Å². The SMILES string of the molecule is Cc1cc(NC(=O)COc2cccc(C)c2C)n[nH]1. The molecule has 0 atom stereocenters. The smallest absolute Gasteiger partial charge is 0.263 e. The van der Waals surface area contributed by atoms with Crippen LogP contribution in [0, 0.1) is 20.8 Å². The molecular weight excluding hydrogens is 242 g/mol. The van der Waals surface area contributed by atoms with Crippen molar-refractivity contribution >= 4 is 11.7 Å². The summed E-state index contributed by atoms with van der Waals surface area (Å²) in [7, 11) is 0. The maximum atomic E-state index is 11.7. The van der Waals surface area contributed by atoms with Gasteiger partial charge in [0.15, 0.2) is 12.4 Å². The van der Waals surface area contributed by atoms with Crippen LogP contribution >= 0.6 is 0 Å². The fourth-order valence-electron chi connectivity index (χ4n) is 1.68. The van der Waals surface area contributed by atoms with Crippen molar-refractivity contribution in [3.05, 3.63) is 41.1 Å². The summed E-state index contributed by atoms with van der Waals surface area (Å²) in [4.78, 5) is 11.7. The maximum Gasteiger partial charge on any atom is 0.263 e. The number of aryl methyl sites for hydroxylation is 2. The van der Waals surface area contributed by atoms with E-state index in [2.05, 4.69) is 15.5 Å². The lowest BCUT2D eigenvalue weighted by Crippen LogP contribution is -2.20. The molecule has 19 heavy (non-hydrogen) atoms. The molecule has 2 N–H and O–H groups in total. The molecule has 2 aromatic rings. The Labute approximate surface area is 112 Å². The highest BCUT2D eigenvalue weighted by Crippen LogP contribution is 2.20. The molecule has 0 saturated heterocycles. The molecule has 0 radical (unpaired) electrons. The minimum atomic E-state index is -0.229. The third kappa shape index (κ3) is 3.34. The van der Waals surface area contributed by atoms with Gasteiger partial charge in [0.2, 0.25) is 0 Å². The average molecular weight is 259 g/mol. The number of hydrogen-bond acceptors (Lipinski definition) is 3. The molecule has 100 valence electrons. The number of amides is 1. The van der Waals surface area contributed by atoms with Crippen molar-refractivity contribution in [2.45, 2.75) is 20.8 Å². The van der Waals surface area contributed by atoms with Gasteiger partial charge < -0.3 is 10.1 Å². The third-order valence-corrected chi connectivity index (χ3v) is 2.89. The third-order valence-electron chi connectivity index (χ3n) is 2.89. The Kier molecular flexibility index (Phi) is 3.85. The topological polar surface area (TPSA) is 67.0 Å². The van der Waals surface area contributed by atoms with Crippen molar-refractivity contribution in [3.8, 4) is 5.75 Å². The van der Waals surface area contributed by atoms with Crippen molar-refractivity contribution in [2.75, 3.05) is 11.9 Å². The van der Waals surface area contributed by atoms with E-state index in [4.69, 9.17) is 4.74 Å². The monoisotopic (exact) mass is 259 g/mol. The van der Waals surface area contributed by atoms with Gasteiger partial charge in [-0.05, 0) is 38.0 Å². The number of rotatable bonds is 4. The zero-order chi connectivity index (χ0) is 13.8. The quantitative estimate of drug-likeness (QED) is 0.885. The summed E-state index contributed by atoms with van der Waals surface area (Å²) in [6.45, 7) is 5.82. The second-order valence-electron chi connectivity index (χ2n) is 4.47. The van der Waals surface area contributed by atoms with E-state index in [9.17, 15) is 4.79 Å². The van der Waals surface area contributed by atoms with Crippen LogP contribution in [0.4, 0.5) is 5.82 Å². The number of H-pyrrole nitrogens is 1. The van der Waals surface area contributed by atoms with Crippen molar-refractivity contribution < 1.29 is 9.53 Å². The van der Waals surface area contributed by atoms with E-state index in [1.54, 1.807) is 6.07 Å². The van der Waals surface area contributed by atoms with Crippen LogP contribution in [-0.4, -0.2) is 22.7 Å². The molecule has 5 nitrogen and oxygen atoms in total. The second-order valence-corrected chi connectivity index (χ2v) is 4.47. The highest BCUT2D eigenvalue weighted by atomic mass is 16.5. The van der Waals surface area contributed by atoms with Gasteiger partial charge in [0, 0.05) is 11.8 Å². The first-order valence-electron chi connectivity index (χ1n) is 6.07. The number of nitrogens with zero attached hydrogens (tertiary/aromatic N) is 1. The molecule has 0 saturated carbocycles. The minimum Gasteiger partial charge on any atom is -0.483 e. The van der Waals surface area contributed by atoms with Crippen LogP contribution in [0.5, 0.6) is 5.75 Å². The summed E-state index contributed by atoms with van der Waals surface area (Å²) in [5.74, 6) is 1.01. The zero-order valence-corrected chi connectivity index (χ0v) is 11.3. The van der Waals surface area contributed by atoms with Gasteiger partial charge >= 0.3 is 0 Å². The van der Waals surface area contributed by atoms with Gasteiger partial charge in [0.1, 0.15) is 5.75 Å². The average Bonchev–Trinajstić information content (AvgIpc) is 2.76. The number of ether oxygens (including phenoxy) is 1. The van der Waals surface area contributed by atoms with Crippen LogP contribution in [0.2, 0.25) is 0 Å². The standard InChI is InChI=1S/C14H17N3O2/c1-9-5-4-6-12(11(9)3)19-8-14(18)15-13-7-10(2)16-17-13/h4-7H,8H2,1-3H3,(H2,15,16,17,18). The van der Waals surface area contributed by atoms with Crippen LogP contribution in [0.3, 0.4) is 0 Å². The first-order chi connectivity index (χ1) is 9.06. The molecule has 1 aromatic heterocycles. The molecule has 1 amide bonds. The number of hydrogen-bond donors (Lipinski definition) is 2. The molecule has 0 aliphatic heterocycles. The molecule has 0 aliphatic rings. The van der Waals surface area contributed by atoms with Crippen LogP contribution in [0.25, 0.3) is 0 Å². The van der Waals surface area contributed by atoms with Gasteiger partial charge in [-0.15, -0.1) is 0 Å². The molecule has 1 heterocycles. The Morgan fingerprint density at radius 1 is 1.37 bits per heavy atom. The van der Waals surface area contributed by atoms with E-state index in [-0.39, 0.29) is 12.5 Å². The maximum absolute atomic E-state index is 11.7. The highest BCUT2D eigenvalue weighted by molar-refractivity contribution is 5.90. The summed E-state index contributed by atoms with van der Waals surface area (Å²) in [5.41, 5.74) is 3.08. The van der Waals surface area contributed by atoms with Crippen LogP contribution in [0.1, 0.15) is 16.8 Å². The lowest BCUT2D eigenvalue weighted by molar-refractivity contribution is -0.118. The van der Waals surface area contributed by atoms with E-state index in [0.29, 0.717) is 5.82 Å². The van der Waals surface area contributed by atoms with Crippen LogP contribution in [0.15, 0.2) is 24.3 Å². The van der Waals surface area contributed by atoms with Gasteiger partial charge in [-0.25, -0.2) is 0 Å². The molecule has 0 fully saturated rings. The predicted molar refractivity (Wildman–Crippen MR) is 73.4 cm³/mol. The van der Waals surface area contributed by atoms with Crippen molar-refractivity contribution in [1.29, 1.82) is 0 Å². The molecule has 5 heteroatoms. The fraction of sp³-hybridized carbons (Fsp3) is 0.286. The summed E-state index contributed by atoms with van der Waals surface area (Å²) >= 11 is 0. The normalized spacial score (nSPS) is 10.3. The second kappa shape index (κ2) is 5.56. The fourth-order valence-corrected chi connectivity index (χ4v) is 1.68. The largest absolute Gasteiger partial charge is 0.483 e. The Balaban J connectivity index is 1.91. The Morgan fingerprint density at radius 2 is 2.16 bits per heavy atom. The predicted octanol–water partition coefficient (Wildman–Crippen LogP) is 2.35. The molecule has 0 spiro atoms. The number of carbonyl (C=O) groups is 1. The van der Waals surface area contributed by atoms with Crippen molar-refractivity contribution in [1.82, 2.24) is 10.2 Å². The lowest BCUT2D eigenvalue weighted by atomic mass is 10.1. The van der Waals surface area contributed by atoms with E-state index in [0.717, 1.165) is 22.6 Å². The van der Waals surface area contributed by atoms with E-state index < -0.39 is 0 Å². The summed E-state index contributed by atoms with van der Waals surface area (Å²) in [6.07, 6.45) is 0. The van der Waals surface area contributed by atoms with Crippen LogP contribution < -0.4 is 10.1 Å². The number of aromatic nitrogens is 2. The van der Waals surface area contributed by atoms with E-state index >= 15 is 0 Å². The van der Waals surface area contributed by atoms with Crippen LogP contribution in [-0.2, 0) is 4.79 Å². The van der Waals surface area contributed by atoms with Crippen molar-refractivity contribution in [3.63, 3.8) is 0 Å². The summed E-state index contributed by atoms with van der Waals surface area (Å²) in [5, 5.41) is 9.35. The molecule has 0 unspecified atom stereocenters. The number of anilines is 1. The summed E-state index contributed by atoms with van der Waals surface area (Å²) in [6, 6.07) is 7.53. The van der Waals surface area contributed by atoms with Gasteiger partial charge in [-0.1, -0.05) is 12.1 Å². The number of aromatic amines is 1. The van der Waals surface area contributed by atoms with Gasteiger partial charge in [-0.3, -0.25) is 9.89 Å². The molecular formula is C14H17N3O2. The molecule has 2 rings (SSSR count). The Bertz CT molecular complexity index is 590. The first kappa shape index (κ1) is 13.1.